The lowest BCUT2D eigenvalue weighted by molar-refractivity contribution is -0.123. The van der Waals surface area contributed by atoms with Gasteiger partial charge in [0.1, 0.15) is 0 Å². The summed E-state index contributed by atoms with van der Waals surface area (Å²) in [5, 5.41) is 6.97. The Morgan fingerprint density at radius 2 is 2.04 bits per heavy atom. The van der Waals surface area contributed by atoms with Crippen LogP contribution in [0.2, 0.25) is 5.02 Å². The number of nitrogens with one attached hydrogen (secondary N) is 2. The molecule has 1 heterocycles. The predicted octanol–water partition coefficient (Wildman–Crippen LogP) is 2.84. The molecule has 1 aromatic rings. The van der Waals surface area contributed by atoms with Crippen LogP contribution in [0.15, 0.2) is 24.3 Å². The summed E-state index contributed by atoms with van der Waals surface area (Å²) < 4.78 is 0. The topological polar surface area (TPSA) is 44.4 Å². The van der Waals surface area contributed by atoms with Crippen molar-refractivity contribution < 1.29 is 4.79 Å². The van der Waals surface area contributed by atoms with E-state index in [4.69, 9.17) is 11.6 Å². The average molecular weight is 338 g/mol. The SMILES string of the molecule is CNCCC1CCN(CC(=O)NC(C)c2ccccc2Cl)CC1. The third-order valence-corrected chi connectivity index (χ3v) is 4.97. The van der Waals surface area contributed by atoms with Gasteiger partial charge in [-0.2, -0.15) is 0 Å². The van der Waals surface area contributed by atoms with E-state index in [1.807, 2.05) is 38.2 Å². The Balaban J connectivity index is 1.74. The van der Waals surface area contributed by atoms with Gasteiger partial charge in [0.2, 0.25) is 5.91 Å². The molecule has 0 radical (unpaired) electrons. The molecule has 0 spiro atoms. The largest absolute Gasteiger partial charge is 0.348 e. The second kappa shape index (κ2) is 9.26. The first-order chi connectivity index (χ1) is 11.1. The van der Waals surface area contributed by atoms with Crippen LogP contribution in [0.4, 0.5) is 0 Å². The highest BCUT2D eigenvalue weighted by Crippen LogP contribution is 2.22. The van der Waals surface area contributed by atoms with E-state index in [1.54, 1.807) is 0 Å². The summed E-state index contributed by atoms with van der Waals surface area (Å²) in [4.78, 5) is 14.5. The highest BCUT2D eigenvalue weighted by Gasteiger charge is 2.21. The van der Waals surface area contributed by atoms with Gasteiger partial charge in [0.25, 0.3) is 0 Å². The number of hydrogen-bond donors (Lipinski definition) is 2. The van der Waals surface area contributed by atoms with Crippen LogP contribution in [0.3, 0.4) is 0 Å². The summed E-state index contributed by atoms with van der Waals surface area (Å²) in [6.45, 7) is 5.57. The van der Waals surface area contributed by atoms with Crippen LogP contribution in [0.5, 0.6) is 0 Å². The van der Waals surface area contributed by atoms with E-state index in [1.165, 1.54) is 19.3 Å². The van der Waals surface area contributed by atoms with Crippen molar-refractivity contribution in [2.24, 2.45) is 5.92 Å². The first-order valence-electron chi connectivity index (χ1n) is 8.51. The van der Waals surface area contributed by atoms with E-state index in [-0.39, 0.29) is 11.9 Å². The summed E-state index contributed by atoms with van der Waals surface area (Å²) in [5.41, 5.74) is 0.966. The van der Waals surface area contributed by atoms with E-state index in [9.17, 15) is 4.79 Å². The minimum atomic E-state index is -0.0654. The Labute approximate surface area is 144 Å². The van der Waals surface area contributed by atoms with Gasteiger partial charge in [0, 0.05) is 5.02 Å². The van der Waals surface area contributed by atoms with Gasteiger partial charge in [0.05, 0.1) is 12.6 Å². The minimum absolute atomic E-state index is 0.0654. The van der Waals surface area contributed by atoms with Crippen molar-refractivity contribution >= 4 is 17.5 Å². The van der Waals surface area contributed by atoms with Crippen LogP contribution in [-0.4, -0.2) is 44.0 Å². The smallest absolute Gasteiger partial charge is 0.234 e. The summed E-state index contributed by atoms with van der Waals surface area (Å²) in [6.07, 6.45) is 3.62. The maximum Gasteiger partial charge on any atom is 0.234 e. The Morgan fingerprint density at radius 1 is 1.35 bits per heavy atom. The minimum Gasteiger partial charge on any atom is -0.348 e. The fraction of sp³-hybridized carbons (Fsp3) is 0.611. The summed E-state index contributed by atoms with van der Waals surface area (Å²) in [7, 11) is 2.00. The van der Waals surface area contributed by atoms with Gasteiger partial charge in [0.15, 0.2) is 0 Å². The van der Waals surface area contributed by atoms with Crippen molar-refractivity contribution in [2.45, 2.75) is 32.2 Å². The molecule has 23 heavy (non-hydrogen) atoms. The monoisotopic (exact) mass is 337 g/mol. The number of piperidine rings is 1. The van der Waals surface area contributed by atoms with Crippen molar-refractivity contribution in [3.05, 3.63) is 34.9 Å². The number of benzene rings is 1. The molecule has 1 unspecified atom stereocenters. The van der Waals surface area contributed by atoms with E-state index in [0.717, 1.165) is 31.1 Å². The summed E-state index contributed by atoms with van der Waals surface area (Å²) >= 11 is 6.19. The molecule has 1 fully saturated rings. The molecule has 128 valence electrons. The Morgan fingerprint density at radius 3 is 2.70 bits per heavy atom. The molecule has 1 aliphatic heterocycles. The maximum atomic E-state index is 12.3. The molecule has 5 heteroatoms. The number of hydrogen-bond acceptors (Lipinski definition) is 3. The maximum absolute atomic E-state index is 12.3. The number of halogens is 1. The third-order valence-electron chi connectivity index (χ3n) is 4.63. The molecular weight excluding hydrogens is 310 g/mol. The molecule has 0 aliphatic carbocycles. The molecular formula is C18H28ClN3O. The predicted molar refractivity (Wildman–Crippen MR) is 95.7 cm³/mol. The van der Waals surface area contributed by atoms with Crippen molar-refractivity contribution in [1.29, 1.82) is 0 Å². The zero-order valence-electron chi connectivity index (χ0n) is 14.1. The fourth-order valence-electron chi connectivity index (χ4n) is 3.18. The van der Waals surface area contributed by atoms with Crippen LogP contribution in [0.1, 0.15) is 37.8 Å². The number of likely N-dealkylation sites (tertiary alicyclic amines) is 1. The van der Waals surface area contributed by atoms with Gasteiger partial charge in [-0.15, -0.1) is 0 Å². The number of carbonyl (C=O) groups excluding carboxylic acids is 1. The number of carbonyl (C=O) groups is 1. The molecule has 1 saturated heterocycles. The number of nitrogens with zero attached hydrogens (tertiary/aromatic N) is 1. The number of rotatable bonds is 7. The van der Waals surface area contributed by atoms with Gasteiger partial charge in [-0.1, -0.05) is 29.8 Å². The van der Waals surface area contributed by atoms with Crippen LogP contribution in [-0.2, 0) is 4.79 Å². The molecule has 1 amide bonds. The van der Waals surface area contributed by atoms with Crippen LogP contribution in [0, 0.1) is 5.92 Å². The fourth-order valence-corrected chi connectivity index (χ4v) is 3.48. The van der Waals surface area contributed by atoms with Crippen molar-refractivity contribution in [1.82, 2.24) is 15.5 Å². The molecule has 0 saturated carbocycles. The van der Waals surface area contributed by atoms with Gasteiger partial charge in [-0.3, -0.25) is 9.69 Å². The average Bonchev–Trinajstić information content (AvgIpc) is 2.54. The molecule has 1 aromatic carbocycles. The van der Waals surface area contributed by atoms with Crippen LogP contribution in [0.25, 0.3) is 0 Å². The lowest BCUT2D eigenvalue weighted by atomic mass is 9.93. The molecule has 4 nitrogen and oxygen atoms in total. The van der Waals surface area contributed by atoms with E-state index in [0.29, 0.717) is 11.6 Å². The van der Waals surface area contributed by atoms with Crippen LogP contribution < -0.4 is 10.6 Å². The van der Waals surface area contributed by atoms with Crippen molar-refractivity contribution in [2.75, 3.05) is 33.2 Å². The molecule has 0 aromatic heterocycles. The first kappa shape index (κ1) is 18.2. The molecule has 2 rings (SSSR count). The second-order valence-corrected chi connectivity index (χ2v) is 6.83. The van der Waals surface area contributed by atoms with E-state index >= 15 is 0 Å². The van der Waals surface area contributed by atoms with Crippen LogP contribution >= 0.6 is 11.6 Å². The zero-order chi connectivity index (χ0) is 16.7. The normalized spacial score (nSPS) is 17.9. The van der Waals surface area contributed by atoms with Gasteiger partial charge in [-0.25, -0.2) is 0 Å². The van der Waals surface area contributed by atoms with Gasteiger partial charge in [-0.05, 0) is 70.4 Å². The third kappa shape index (κ3) is 5.79. The lowest BCUT2D eigenvalue weighted by Gasteiger charge is -2.31. The van der Waals surface area contributed by atoms with Gasteiger partial charge >= 0.3 is 0 Å². The highest BCUT2D eigenvalue weighted by atomic mass is 35.5. The summed E-state index contributed by atoms with van der Waals surface area (Å²) in [5.74, 6) is 0.870. The first-order valence-corrected chi connectivity index (χ1v) is 8.88. The Bertz CT molecular complexity index is 501. The van der Waals surface area contributed by atoms with Gasteiger partial charge < -0.3 is 10.6 Å². The van der Waals surface area contributed by atoms with Crippen molar-refractivity contribution in [3.63, 3.8) is 0 Å². The molecule has 1 atom stereocenters. The molecule has 0 bridgehead atoms. The number of amides is 1. The summed E-state index contributed by atoms with van der Waals surface area (Å²) in [6, 6.07) is 7.60. The molecule has 1 aliphatic rings. The highest BCUT2D eigenvalue weighted by molar-refractivity contribution is 6.31. The lowest BCUT2D eigenvalue weighted by Crippen LogP contribution is -2.42. The quantitative estimate of drug-likeness (QED) is 0.804. The van der Waals surface area contributed by atoms with E-state index < -0.39 is 0 Å². The second-order valence-electron chi connectivity index (χ2n) is 6.42. The Hall–Kier alpha value is -1.10. The molecule has 2 N–H and O–H groups in total. The zero-order valence-corrected chi connectivity index (χ0v) is 14.9. The van der Waals surface area contributed by atoms with Crippen molar-refractivity contribution in [3.8, 4) is 0 Å². The van der Waals surface area contributed by atoms with E-state index in [2.05, 4.69) is 15.5 Å². The Kier molecular flexibility index (Phi) is 7.34. The standard InChI is InChI=1S/C18H28ClN3O/c1-14(16-5-3-4-6-17(16)19)21-18(23)13-22-11-8-15(9-12-22)7-10-20-2/h3-6,14-15,20H,7-13H2,1-2H3,(H,21,23).